The van der Waals surface area contributed by atoms with Crippen molar-refractivity contribution in [2.45, 2.75) is 0 Å². The Morgan fingerprint density at radius 2 is 2.15 bits per heavy atom. The molecular weight excluding hydrogens is 160 g/mol. The van der Waals surface area contributed by atoms with Gasteiger partial charge in [0.1, 0.15) is 5.82 Å². The van der Waals surface area contributed by atoms with Gasteiger partial charge in [0.25, 0.3) is 0 Å². The highest BCUT2D eigenvalue weighted by molar-refractivity contribution is 5.91. The summed E-state index contributed by atoms with van der Waals surface area (Å²) in [6.45, 7) is 0. The van der Waals surface area contributed by atoms with Crippen LogP contribution < -0.4 is 4.90 Å². The van der Waals surface area contributed by atoms with Crippen molar-refractivity contribution in [1.82, 2.24) is 4.98 Å². The van der Waals surface area contributed by atoms with Gasteiger partial charge in [0.15, 0.2) is 0 Å². The molecule has 0 aliphatic rings. The summed E-state index contributed by atoms with van der Waals surface area (Å²) < 4.78 is 0. The highest BCUT2D eigenvalue weighted by atomic mass is 15.1. The summed E-state index contributed by atoms with van der Waals surface area (Å²) in [6, 6.07) is 11.0. The Kier molecular flexibility index (Phi) is 1.89. The van der Waals surface area contributed by atoms with E-state index >= 15 is 0 Å². The Balaban J connectivity index is 2.76. The molecule has 0 saturated carbocycles. The maximum Gasteiger partial charge on any atom is 0.135 e. The predicted molar refractivity (Wildman–Crippen MR) is 54.9 cm³/mol. The molecule has 0 aliphatic heterocycles. The second-order valence-corrected chi connectivity index (χ2v) is 3.18. The Morgan fingerprint density at radius 3 is 2.92 bits per heavy atom. The SMILES string of the molecule is CN(C)c1nccc2c[c]ccc12. The summed E-state index contributed by atoms with van der Waals surface area (Å²) in [7, 11) is 4.00. The van der Waals surface area contributed by atoms with E-state index in [9.17, 15) is 0 Å². The summed E-state index contributed by atoms with van der Waals surface area (Å²) in [4.78, 5) is 6.33. The summed E-state index contributed by atoms with van der Waals surface area (Å²) in [5.41, 5.74) is 0. The standard InChI is InChI=1S/C11H11N2/c1-13(2)11-10-6-4-3-5-9(10)7-8-12-11/h4-8H,1-2H3. The van der Waals surface area contributed by atoms with Crippen LogP contribution in [0, 0.1) is 6.07 Å². The number of hydrogen-bond donors (Lipinski definition) is 0. The topological polar surface area (TPSA) is 16.1 Å². The lowest BCUT2D eigenvalue weighted by Crippen LogP contribution is -2.10. The normalized spacial score (nSPS) is 10.3. The van der Waals surface area contributed by atoms with Crippen LogP contribution in [0.4, 0.5) is 5.82 Å². The van der Waals surface area contributed by atoms with E-state index < -0.39 is 0 Å². The summed E-state index contributed by atoms with van der Waals surface area (Å²) in [5, 5.41) is 2.35. The van der Waals surface area contributed by atoms with Crippen LogP contribution in [0.15, 0.2) is 30.5 Å². The number of nitrogens with zero attached hydrogens (tertiary/aromatic N) is 2. The van der Waals surface area contributed by atoms with Crippen LogP contribution in [0.5, 0.6) is 0 Å². The van der Waals surface area contributed by atoms with Crippen molar-refractivity contribution in [3.8, 4) is 0 Å². The minimum atomic E-state index is 1.01. The fraction of sp³-hybridized carbons (Fsp3) is 0.182. The highest BCUT2D eigenvalue weighted by Gasteiger charge is 2.01. The maximum atomic E-state index is 4.32. The molecule has 0 unspecified atom stereocenters. The van der Waals surface area contributed by atoms with Crippen molar-refractivity contribution in [1.29, 1.82) is 0 Å². The lowest BCUT2D eigenvalue weighted by atomic mass is 10.1. The van der Waals surface area contributed by atoms with Gasteiger partial charge in [-0.1, -0.05) is 12.1 Å². The summed E-state index contributed by atoms with van der Waals surface area (Å²) >= 11 is 0. The molecule has 0 spiro atoms. The first-order chi connectivity index (χ1) is 6.29. The van der Waals surface area contributed by atoms with Crippen LogP contribution in [0.25, 0.3) is 10.8 Å². The second-order valence-electron chi connectivity index (χ2n) is 3.18. The fourth-order valence-corrected chi connectivity index (χ4v) is 1.40. The third-order valence-corrected chi connectivity index (χ3v) is 2.01. The number of anilines is 1. The minimum Gasteiger partial charge on any atom is -0.362 e. The van der Waals surface area contributed by atoms with E-state index in [0.29, 0.717) is 0 Å². The van der Waals surface area contributed by atoms with Crippen molar-refractivity contribution >= 4 is 16.6 Å². The van der Waals surface area contributed by atoms with Gasteiger partial charge in [-0.25, -0.2) is 4.98 Å². The maximum absolute atomic E-state index is 4.32. The molecule has 2 heteroatoms. The van der Waals surface area contributed by atoms with Crippen molar-refractivity contribution < 1.29 is 0 Å². The van der Waals surface area contributed by atoms with E-state index in [1.807, 2.05) is 49.5 Å². The average Bonchev–Trinajstić information content (AvgIpc) is 2.17. The quantitative estimate of drug-likeness (QED) is 0.653. The monoisotopic (exact) mass is 171 g/mol. The first kappa shape index (κ1) is 8.05. The minimum absolute atomic E-state index is 1.01. The number of aromatic nitrogens is 1. The lowest BCUT2D eigenvalue weighted by Gasteiger charge is -2.13. The van der Waals surface area contributed by atoms with Gasteiger partial charge >= 0.3 is 0 Å². The molecule has 2 aromatic rings. The molecule has 0 bridgehead atoms. The fourth-order valence-electron chi connectivity index (χ4n) is 1.40. The predicted octanol–water partition coefficient (Wildman–Crippen LogP) is 2.10. The van der Waals surface area contributed by atoms with Gasteiger partial charge in [-0.15, -0.1) is 0 Å². The number of rotatable bonds is 1. The number of benzene rings is 1. The van der Waals surface area contributed by atoms with E-state index in [1.165, 1.54) is 10.8 Å². The molecule has 0 N–H and O–H groups in total. The molecule has 0 saturated heterocycles. The molecule has 13 heavy (non-hydrogen) atoms. The van der Waals surface area contributed by atoms with Gasteiger partial charge in [-0.05, 0) is 23.6 Å². The molecule has 1 aromatic heterocycles. The zero-order valence-electron chi connectivity index (χ0n) is 7.78. The Morgan fingerprint density at radius 1 is 1.31 bits per heavy atom. The van der Waals surface area contributed by atoms with Gasteiger partial charge < -0.3 is 4.90 Å². The molecule has 1 aromatic carbocycles. The Hall–Kier alpha value is -1.57. The van der Waals surface area contributed by atoms with Crippen molar-refractivity contribution in [3.05, 3.63) is 36.5 Å². The molecule has 0 aliphatic carbocycles. The molecule has 2 rings (SSSR count). The van der Waals surface area contributed by atoms with Gasteiger partial charge in [0, 0.05) is 25.7 Å². The molecule has 2 nitrogen and oxygen atoms in total. The Bertz CT molecular complexity index is 416. The Labute approximate surface area is 77.8 Å². The zero-order valence-corrected chi connectivity index (χ0v) is 7.78. The van der Waals surface area contributed by atoms with E-state index in [1.54, 1.807) is 0 Å². The molecular formula is C11H11N2. The van der Waals surface area contributed by atoms with Gasteiger partial charge in [0.05, 0.1) is 0 Å². The molecule has 0 amide bonds. The molecule has 1 heterocycles. The van der Waals surface area contributed by atoms with Gasteiger partial charge in [-0.3, -0.25) is 0 Å². The smallest absolute Gasteiger partial charge is 0.135 e. The lowest BCUT2D eigenvalue weighted by molar-refractivity contribution is 1.08. The summed E-state index contributed by atoms with van der Waals surface area (Å²) in [5.74, 6) is 1.01. The van der Waals surface area contributed by atoms with Crippen LogP contribution in [0.1, 0.15) is 0 Å². The average molecular weight is 171 g/mol. The third-order valence-electron chi connectivity index (χ3n) is 2.01. The number of fused-ring (bicyclic) bond motifs is 1. The second kappa shape index (κ2) is 3.05. The van der Waals surface area contributed by atoms with Crippen LogP contribution in [-0.4, -0.2) is 19.1 Å². The van der Waals surface area contributed by atoms with Crippen LogP contribution in [0.2, 0.25) is 0 Å². The first-order valence-electron chi connectivity index (χ1n) is 4.21. The van der Waals surface area contributed by atoms with Crippen LogP contribution in [-0.2, 0) is 0 Å². The number of hydrogen-bond acceptors (Lipinski definition) is 2. The van der Waals surface area contributed by atoms with Crippen molar-refractivity contribution in [2.24, 2.45) is 0 Å². The summed E-state index contributed by atoms with van der Waals surface area (Å²) in [6.07, 6.45) is 1.82. The van der Waals surface area contributed by atoms with E-state index in [0.717, 1.165) is 5.82 Å². The molecule has 0 atom stereocenters. The first-order valence-corrected chi connectivity index (χ1v) is 4.21. The van der Waals surface area contributed by atoms with Crippen molar-refractivity contribution in [2.75, 3.05) is 19.0 Å². The van der Waals surface area contributed by atoms with Crippen molar-refractivity contribution in [3.63, 3.8) is 0 Å². The molecule has 65 valence electrons. The zero-order chi connectivity index (χ0) is 9.26. The largest absolute Gasteiger partial charge is 0.362 e. The van der Waals surface area contributed by atoms with Gasteiger partial charge in [-0.2, -0.15) is 0 Å². The van der Waals surface area contributed by atoms with Crippen LogP contribution in [0.3, 0.4) is 0 Å². The number of pyridine rings is 1. The van der Waals surface area contributed by atoms with E-state index in [4.69, 9.17) is 0 Å². The van der Waals surface area contributed by atoms with E-state index in [2.05, 4.69) is 11.1 Å². The van der Waals surface area contributed by atoms with E-state index in [-0.39, 0.29) is 0 Å². The molecule has 0 fully saturated rings. The highest BCUT2D eigenvalue weighted by Crippen LogP contribution is 2.21. The van der Waals surface area contributed by atoms with Gasteiger partial charge in [0.2, 0.25) is 0 Å². The molecule has 1 radical (unpaired) electrons. The van der Waals surface area contributed by atoms with Crippen LogP contribution >= 0.6 is 0 Å². The third kappa shape index (κ3) is 1.35.